The van der Waals surface area contributed by atoms with Crippen LogP contribution in [0.3, 0.4) is 0 Å². The summed E-state index contributed by atoms with van der Waals surface area (Å²) in [7, 11) is 0. The van der Waals surface area contributed by atoms with Crippen LogP contribution in [0.1, 0.15) is 48.6 Å². The zero-order valence-electron chi connectivity index (χ0n) is 14.1. The lowest BCUT2D eigenvalue weighted by Gasteiger charge is -2.36. The summed E-state index contributed by atoms with van der Waals surface area (Å²) in [5.41, 5.74) is 2.53. The number of esters is 2. The highest BCUT2D eigenvalue weighted by Gasteiger charge is 2.41. The fourth-order valence-electron chi connectivity index (χ4n) is 3.88. The first-order valence-electron chi connectivity index (χ1n) is 9.06. The van der Waals surface area contributed by atoms with Crippen LogP contribution < -0.4 is 0 Å². The first-order chi connectivity index (χ1) is 12.2. The van der Waals surface area contributed by atoms with E-state index >= 15 is 0 Å². The van der Waals surface area contributed by atoms with Crippen molar-refractivity contribution in [1.29, 1.82) is 0 Å². The van der Waals surface area contributed by atoms with Crippen molar-refractivity contribution in [1.82, 2.24) is 0 Å². The zero-order chi connectivity index (χ0) is 17.2. The van der Waals surface area contributed by atoms with Crippen molar-refractivity contribution in [2.24, 2.45) is 11.8 Å². The Bertz CT molecular complexity index is 676. The molecule has 0 bridgehead atoms. The fourth-order valence-corrected chi connectivity index (χ4v) is 3.88. The van der Waals surface area contributed by atoms with Gasteiger partial charge in [0.1, 0.15) is 0 Å². The zero-order valence-corrected chi connectivity index (χ0v) is 14.1. The van der Waals surface area contributed by atoms with Crippen molar-refractivity contribution in [3.8, 4) is 0 Å². The molecular weight excluding hydrogens is 312 g/mol. The van der Waals surface area contributed by atoms with E-state index in [2.05, 4.69) is 24.3 Å². The Hall–Kier alpha value is -2.42. The van der Waals surface area contributed by atoms with Gasteiger partial charge in [-0.05, 0) is 48.6 Å². The van der Waals surface area contributed by atoms with Gasteiger partial charge in [-0.3, -0.25) is 9.59 Å². The molecule has 2 fully saturated rings. The molecule has 2 aromatic rings. The highest BCUT2D eigenvalue weighted by Crippen LogP contribution is 2.44. The van der Waals surface area contributed by atoms with Crippen LogP contribution in [0.15, 0.2) is 60.7 Å². The van der Waals surface area contributed by atoms with Crippen LogP contribution in [0.2, 0.25) is 0 Å². The molecule has 2 saturated carbocycles. The summed E-state index contributed by atoms with van der Waals surface area (Å²) in [4.78, 5) is 24.3. The highest BCUT2D eigenvalue weighted by molar-refractivity contribution is 5.89. The number of ether oxygens (including phenoxy) is 1. The van der Waals surface area contributed by atoms with Crippen LogP contribution >= 0.6 is 0 Å². The predicted octanol–water partition coefficient (Wildman–Crippen LogP) is 4.44. The van der Waals surface area contributed by atoms with E-state index in [9.17, 15) is 9.59 Å². The van der Waals surface area contributed by atoms with Crippen molar-refractivity contribution in [3.05, 3.63) is 71.8 Å². The number of benzene rings is 2. The van der Waals surface area contributed by atoms with Crippen LogP contribution in [0.4, 0.5) is 0 Å². The van der Waals surface area contributed by atoms with Gasteiger partial charge in [-0.25, -0.2) is 0 Å². The maximum Gasteiger partial charge on any atom is 0.316 e. The maximum atomic E-state index is 12.2. The molecule has 128 valence electrons. The molecule has 4 rings (SSSR count). The molecule has 0 N–H and O–H groups in total. The predicted molar refractivity (Wildman–Crippen MR) is 94.9 cm³/mol. The van der Waals surface area contributed by atoms with Crippen molar-refractivity contribution < 1.29 is 14.3 Å². The monoisotopic (exact) mass is 334 g/mol. The molecule has 25 heavy (non-hydrogen) atoms. The van der Waals surface area contributed by atoms with E-state index in [1.165, 1.54) is 11.1 Å². The summed E-state index contributed by atoms with van der Waals surface area (Å²) in [6.45, 7) is 0. The van der Waals surface area contributed by atoms with Crippen molar-refractivity contribution in [2.45, 2.75) is 37.5 Å². The van der Waals surface area contributed by atoms with E-state index in [-0.39, 0.29) is 23.8 Å². The molecule has 0 saturated heterocycles. The molecule has 0 atom stereocenters. The molecule has 0 amide bonds. The minimum Gasteiger partial charge on any atom is -0.393 e. The molecule has 0 radical (unpaired) electrons. The number of rotatable bonds is 4. The molecule has 3 heteroatoms. The Morgan fingerprint density at radius 1 is 0.640 bits per heavy atom. The van der Waals surface area contributed by atoms with Crippen LogP contribution in [-0.2, 0) is 14.3 Å². The first kappa shape index (κ1) is 16.1. The second kappa shape index (κ2) is 6.83. The van der Waals surface area contributed by atoms with E-state index in [1.54, 1.807) is 0 Å². The van der Waals surface area contributed by atoms with Crippen molar-refractivity contribution >= 4 is 11.9 Å². The van der Waals surface area contributed by atoms with Gasteiger partial charge in [0.15, 0.2) is 0 Å². The Labute approximate surface area is 148 Å². The molecule has 0 unspecified atom stereocenters. The smallest absolute Gasteiger partial charge is 0.316 e. The van der Waals surface area contributed by atoms with Crippen LogP contribution in [-0.4, -0.2) is 11.9 Å². The molecule has 0 aliphatic heterocycles. The second-order valence-corrected chi connectivity index (χ2v) is 7.29. The molecule has 0 spiro atoms. The molecular formula is C22H22O3. The number of hydrogen-bond donors (Lipinski definition) is 0. The van der Waals surface area contributed by atoms with Gasteiger partial charge in [-0.1, -0.05) is 60.7 Å². The lowest BCUT2D eigenvalue weighted by atomic mass is 9.71. The average Bonchev–Trinajstić information content (AvgIpc) is 2.54. The molecule has 2 aliphatic rings. The quantitative estimate of drug-likeness (QED) is 0.613. The van der Waals surface area contributed by atoms with Crippen LogP contribution in [0.5, 0.6) is 0 Å². The topological polar surface area (TPSA) is 43.4 Å². The number of carbonyl (C=O) groups excluding carboxylic acids is 2. The Kier molecular flexibility index (Phi) is 4.39. The summed E-state index contributed by atoms with van der Waals surface area (Å²) in [5.74, 6) is -0.0842. The average molecular weight is 334 g/mol. The van der Waals surface area contributed by atoms with Crippen molar-refractivity contribution in [3.63, 3.8) is 0 Å². The minimum atomic E-state index is -0.333. The molecule has 0 heterocycles. The minimum absolute atomic E-state index is 0.126. The number of carbonyl (C=O) groups is 2. The van der Waals surface area contributed by atoms with E-state index in [0.717, 1.165) is 25.7 Å². The van der Waals surface area contributed by atoms with Crippen LogP contribution in [0, 0.1) is 11.8 Å². The Morgan fingerprint density at radius 2 is 1.00 bits per heavy atom. The summed E-state index contributed by atoms with van der Waals surface area (Å²) in [6.07, 6.45) is 3.14. The second-order valence-electron chi connectivity index (χ2n) is 7.29. The first-order valence-corrected chi connectivity index (χ1v) is 9.06. The molecule has 2 aliphatic carbocycles. The fraction of sp³-hybridized carbons (Fsp3) is 0.364. The molecule has 3 nitrogen and oxygen atoms in total. The van der Waals surface area contributed by atoms with Gasteiger partial charge in [-0.2, -0.15) is 0 Å². The van der Waals surface area contributed by atoms with Gasteiger partial charge in [0.2, 0.25) is 0 Å². The summed E-state index contributed by atoms with van der Waals surface area (Å²) < 4.78 is 5.15. The summed E-state index contributed by atoms with van der Waals surface area (Å²) in [5, 5.41) is 0. The Morgan fingerprint density at radius 3 is 1.36 bits per heavy atom. The maximum absolute atomic E-state index is 12.2. The largest absolute Gasteiger partial charge is 0.393 e. The van der Waals surface area contributed by atoms with Crippen molar-refractivity contribution in [2.75, 3.05) is 0 Å². The number of hydrogen-bond acceptors (Lipinski definition) is 3. The molecule has 2 aromatic carbocycles. The lowest BCUT2D eigenvalue weighted by molar-refractivity contribution is -0.169. The third-order valence-electron chi connectivity index (χ3n) is 5.69. The third-order valence-corrected chi connectivity index (χ3v) is 5.69. The van der Waals surface area contributed by atoms with Crippen LogP contribution in [0.25, 0.3) is 0 Å². The highest BCUT2D eigenvalue weighted by atomic mass is 16.6. The third kappa shape index (κ3) is 3.37. The lowest BCUT2D eigenvalue weighted by Crippen LogP contribution is -2.36. The summed E-state index contributed by atoms with van der Waals surface area (Å²) >= 11 is 0. The normalized spacial score (nSPS) is 27.7. The van der Waals surface area contributed by atoms with Gasteiger partial charge < -0.3 is 4.74 Å². The van der Waals surface area contributed by atoms with Gasteiger partial charge in [0.25, 0.3) is 0 Å². The van der Waals surface area contributed by atoms with Gasteiger partial charge in [0.05, 0.1) is 11.8 Å². The van der Waals surface area contributed by atoms with E-state index in [0.29, 0.717) is 11.8 Å². The Balaban J connectivity index is 1.22. The SMILES string of the molecule is O=C(OC(=O)C1CC(c2ccccc2)C1)C1CC(c2ccccc2)C1. The molecule has 0 aromatic heterocycles. The standard InChI is InChI=1S/C22H22O3/c23-21(19-11-17(12-19)15-7-3-1-4-8-15)25-22(24)20-13-18(14-20)16-9-5-2-6-10-16/h1-10,17-20H,11-14H2. The van der Waals surface area contributed by atoms with Gasteiger partial charge >= 0.3 is 11.9 Å². The van der Waals surface area contributed by atoms with Gasteiger partial charge in [0, 0.05) is 0 Å². The van der Waals surface area contributed by atoms with E-state index < -0.39 is 0 Å². The van der Waals surface area contributed by atoms with E-state index in [4.69, 9.17) is 4.74 Å². The van der Waals surface area contributed by atoms with Gasteiger partial charge in [-0.15, -0.1) is 0 Å². The van der Waals surface area contributed by atoms with E-state index in [1.807, 2.05) is 36.4 Å². The summed E-state index contributed by atoms with van der Waals surface area (Å²) in [6, 6.07) is 20.4.